The van der Waals surface area contributed by atoms with Crippen LogP contribution in [0.15, 0.2) is 0 Å². The smallest absolute Gasteiger partial charge is 0.315 e. The fourth-order valence-electron chi connectivity index (χ4n) is 6.06. The Morgan fingerprint density at radius 1 is 0.976 bits per heavy atom. The molecule has 1 heterocycles. The summed E-state index contributed by atoms with van der Waals surface area (Å²) in [6, 6.07) is -3.50. The number of urea groups is 1. The summed E-state index contributed by atoms with van der Waals surface area (Å²) in [5.74, 6) is -2.34. The molecule has 0 aromatic heterocycles. The summed E-state index contributed by atoms with van der Waals surface area (Å²) in [7, 11) is 0. The number of amides is 5. The molecule has 1 saturated heterocycles. The molecule has 0 bridgehead atoms. The second-order valence-electron chi connectivity index (χ2n) is 15.5. The molecule has 5 amide bonds. The Labute approximate surface area is 250 Å². The number of nitrogens with two attached hydrogens (primary N) is 1. The Bertz CT molecular complexity index is 1070. The van der Waals surface area contributed by atoms with Gasteiger partial charge in [-0.25, -0.2) is 4.79 Å². The topological polar surface area (TPSA) is 160 Å². The van der Waals surface area contributed by atoms with Crippen molar-refractivity contribution in [3.8, 4) is 0 Å². The van der Waals surface area contributed by atoms with Crippen molar-refractivity contribution in [2.45, 2.75) is 118 Å². The highest BCUT2D eigenvalue weighted by Crippen LogP contribution is 2.65. The molecular weight excluding hydrogens is 538 g/mol. The number of ketones is 1. The van der Waals surface area contributed by atoms with E-state index in [1.165, 1.54) is 0 Å². The molecule has 3 fully saturated rings. The third kappa shape index (κ3) is 8.02. The fraction of sp³-hybridized carbons (Fsp3) is 0.839. The minimum Gasteiger partial charge on any atom is -0.374 e. The number of piperidine rings is 1. The molecule has 2 saturated carbocycles. The van der Waals surface area contributed by atoms with E-state index in [4.69, 9.17) is 10.5 Å². The van der Waals surface area contributed by atoms with Crippen LogP contribution < -0.4 is 21.7 Å². The average Bonchev–Trinajstić information content (AvgIpc) is 3.69. The van der Waals surface area contributed by atoms with Gasteiger partial charge < -0.3 is 31.3 Å². The summed E-state index contributed by atoms with van der Waals surface area (Å²) in [5.41, 5.74) is 4.10. The maximum absolute atomic E-state index is 14.1. The van der Waals surface area contributed by atoms with Crippen molar-refractivity contribution in [3.05, 3.63) is 0 Å². The van der Waals surface area contributed by atoms with E-state index in [0.29, 0.717) is 19.6 Å². The van der Waals surface area contributed by atoms with Crippen LogP contribution >= 0.6 is 0 Å². The molecule has 3 rings (SSSR count). The molecule has 0 radical (unpaired) electrons. The lowest BCUT2D eigenvalue weighted by molar-refractivity contribution is -0.145. The summed E-state index contributed by atoms with van der Waals surface area (Å²) >= 11 is 0. The van der Waals surface area contributed by atoms with Gasteiger partial charge in [-0.1, -0.05) is 61.3 Å². The molecule has 5 N–H and O–H groups in total. The number of ether oxygens (including phenoxy) is 1. The number of hydrogen-bond acceptors (Lipinski definition) is 6. The lowest BCUT2D eigenvalue weighted by Gasteiger charge is -2.38. The van der Waals surface area contributed by atoms with Crippen LogP contribution in [-0.4, -0.2) is 77.4 Å². The van der Waals surface area contributed by atoms with Gasteiger partial charge in [-0.3, -0.25) is 19.2 Å². The van der Waals surface area contributed by atoms with Crippen molar-refractivity contribution in [1.29, 1.82) is 0 Å². The molecule has 1 unspecified atom stereocenters. The zero-order valence-corrected chi connectivity index (χ0v) is 27.1. The number of nitrogens with zero attached hydrogens (tertiary/aromatic N) is 1. The van der Waals surface area contributed by atoms with Gasteiger partial charge in [-0.2, -0.15) is 0 Å². The maximum atomic E-state index is 14.1. The van der Waals surface area contributed by atoms with Crippen LogP contribution in [0.25, 0.3) is 0 Å². The van der Waals surface area contributed by atoms with E-state index in [0.717, 1.165) is 12.8 Å². The van der Waals surface area contributed by atoms with E-state index in [9.17, 15) is 24.0 Å². The van der Waals surface area contributed by atoms with Gasteiger partial charge in [-0.15, -0.1) is 0 Å². The van der Waals surface area contributed by atoms with Gasteiger partial charge in [0.2, 0.25) is 17.6 Å². The summed E-state index contributed by atoms with van der Waals surface area (Å²) in [5, 5.41) is 8.64. The first-order chi connectivity index (χ1) is 19.1. The predicted octanol–water partition coefficient (Wildman–Crippen LogP) is 2.36. The Balaban J connectivity index is 1.79. The van der Waals surface area contributed by atoms with Crippen LogP contribution in [0.4, 0.5) is 4.79 Å². The van der Waals surface area contributed by atoms with Gasteiger partial charge in [0.1, 0.15) is 12.1 Å². The first-order valence-electron chi connectivity index (χ1n) is 15.3. The van der Waals surface area contributed by atoms with Crippen LogP contribution in [0.3, 0.4) is 0 Å². The predicted molar refractivity (Wildman–Crippen MR) is 159 cm³/mol. The first-order valence-corrected chi connectivity index (χ1v) is 15.3. The monoisotopic (exact) mass is 591 g/mol. The molecular formula is C31H53N5O6. The van der Waals surface area contributed by atoms with Crippen LogP contribution in [-0.2, 0) is 23.9 Å². The molecule has 3 aliphatic rings. The molecule has 0 aromatic rings. The van der Waals surface area contributed by atoms with E-state index >= 15 is 0 Å². The molecule has 2 aliphatic carbocycles. The minimum absolute atomic E-state index is 0.0922. The number of carbonyl (C=O) groups excluding carboxylic acids is 5. The van der Waals surface area contributed by atoms with Gasteiger partial charge in [0, 0.05) is 6.54 Å². The Hall–Kier alpha value is -2.69. The Kier molecular flexibility index (Phi) is 9.76. The van der Waals surface area contributed by atoms with Crippen molar-refractivity contribution in [2.75, 3.05) is 13.2 Å². The fourth-order valence-corrected chi connectivity index (χ4v) is 6.06. The summed E-state index contributed by atoms with van der Waals surface area (Å²) in [4.78, 5) is 67.0. The highest BCUT2D eigenvalue weighted by molar-refractivity contribution is 6.37. The van der Waals surface area contributed by atoms with E-state index in [-0.39, 0.29) is 46.6 Å². The van der Waals surface area contributed by atoms with E-state index < -0.39 is 47.2 Å². The zero-order chi connectivity index (χ0) is 31.9. The second-order valence-corrected chi connectivity index (χ2v) is 15.5. The number of rotatable bonds is 12. The van der Waals surface area contributed by atoms with Crippen LogP contribution in [0, 0.1) is 34.5 Å². The number of Topliss-reactive ketones (excluding diaryl/α,β-unsaturated/α-hetero) is 1. The van der Waals surface area contributed by atoms with Crippen molar-refractivity contribution in [3.63, 3.8) is 0 Å². The van der Waals surface area contributed by atoms with E-state index in [1.807, 2.05) is 55.4 Å². The number of fused-ring (bicyclic) bond motifs is 1. The number of carbonyl (C=O) groups is 5. The number of primary amides is 1. The number of likely N-dealkylation sites (tertiary alicyclic amines) is 1. The summed E-state index contributed by atoms with van der Waals surface area (Å²) in [6.45, 7) is 20.3. The maximum Gasteiger partial charge on any atom is 0.315 e. The van der Waals surface area contributed by atoms with Crippen molar-refractivity contribution in [1.82, 2.24) is 20.9 Å². The third-order valence-corrected chi connectivity index (χ3v) is 9.11. The summed E-state index contributed by atoms with van der Waals surface area (Å²) in [6.07, 6.45) is 2.23. The molecule has 0 aromatic carbocycles. The van der Waals surface area contributed by atoms with Crippen molar-refractivity contribution < 1.29 is 28.7 Å². The highest BCUT2D eigenvalue weighted by atomic mass is 16.5. The summed E-state index contributed by atoms with van der Waals surface area (Å²) < 4.78 is 5.91. The number of nitrogens with one attached hydrogen (secondary N) is 3. The third-order valence-electron chi connectivity index (χ3n) is 9.11. The molecule has 0 spiro atoms. The van der Waals surface area contributed by atoms with Gasteiger partial charge in [0.25, 0.3) is 5.91 Å². The highest BCUT2D eigenvalue weighted by Gasteiger charge is 2.70. The largest absolute Gasteiger partial charge is 0.374 e. The van der Waals surface area contributed by atoms with Gasteiger partial charge in [0.05, 0.1) is 24.3 Å². The quantitative estimate of drug-likeness (QED) is 0.255. The van der Waals surface area contributed by atoms with Crippen LogP contribution in [0.5, 0.6) is 0 Å². The zero-order valence-electron chi connectivity index (χ0n) is 27.1. The second kappa shape index (κ2) is 12.1. The van der Waals surface area contributed by atoms with E-state index in [1.54, 1.807) is 4.90 Å². The first kappa shape index (κ1) is 33.8. The Morgan fingerprint density at radius 2 is 1.57 bits per heavy atom. The molecule has 1 aliphatic heterocycles. The van der Waals surface area contributed by atoms with Gasteiger partial charge >= 0.3 is 6.03 Å². The normalized spacial score (nSPS) is 25.2. The van der Waals surface area contributed by atoms with Crippen molar-refractivity contribution in [2.24, 2.45) is 40.2 Å². The SMILES string of the molecule is CC(C)[C@@H](COC(C)(C)C)NC(=O)N[C@H](C(=O)N1C[C@H]2[C@@H]([C@H]1C(=O)NC(CC1CC1)C(=O)C(N)=O)C2(C)C)C(C)(C)C. The van der Waals surface area contributed by atoms with Gasteiger partial charge in [-0.05, 0) is 61.7 Å². The minimum atomic E-state index is -1.08. The lowest BCUT2D eigenvalue weighted by Crippen LogP contribution is -2.62. The van der Waals surface area contributed by atoms with E-state index in [2.05, 4.69) is 29.8 Å². The Morgan fingerprint density at radius 3 is 2.05 bits per heavy atom. The van der Waals surface area contributed by atoms with Crippen LogP contribution in [0.2, 0.25) is 0 Å². The molecule has 238 valence electrons. The standard InChI is InChI=1S/C31H53N5O6/c1-16(2)20(15-42-30(6,7)8)34-28(41)35-24(29(3,4)5)27(40)36-14-18-21(31(18,9)10)22(36)26(39)33-19(13-17-11-12-17)23(37)25(32)38/h16-22,24H,11-15H2,1-10H3,(H2,32,38)(H,33,39)(H2,34,35,41)/t18-,19?,20+,21-,22-,24+/m0/s1. The number of hydrogen-bond donors (Lipinski definition) is 4. The molecule has 11 nitrogen and oxygen atoms in total. The molecule has 11 heteroatoms. The van der Waals surface area contributed by atoms with Gasteiger partial charge in [0.15, 0.2) is 0 Å². The lowest BCUT2D eigenvalue weighted by atomic mass is 9.85. The average molecular weight is 592 g/mol. The molecule has 6 atom stereocenters. The van der Waals surface area contributed by atoms with Crippen molar-refractivity contribution >= 4 is 29.5 Å². The molecule has 42 heavy (non-hydrogen) atoms. The van der Waals surface area contributed by atoms with Crippen LogP contribution in [0.1, 0.15) is 88.5 Å².